The Labute approximate surface area is 159 Å². The Morgan fingerprint density at radius 1 is 0.846 bits per heavy atom. The molecule has 2 atom stereocenters. The van der Waals surface area contributed by atoms with Crippen LogP contribution in [-0.2, 0) is 4.74 Å². The van der Waals surface area contributed by atoms with Crippen LogP contribution >= 0.6 is 0 Å². The first-order valence-electron chi connectivity index (χ1n) is 10.1. The maximum absolute atomic E-state index is 6.49. The zero-order chi connectivity index (χ0) is 18.8. The molecule has 0 aliphatic heterocycles. The summed E-state index contributed by atoms with van der Waals surface area (Å²) in [6, 6.07) is 18.9. The quantitative estimate of drug-likeness (QED) is 0.416. The van der Waals surface area contributed by atoms with E-state index < -0.39 is 0 Å². The Hall–Kier alpha value is -1.80. The van der Waals surface area contributed by atoms with Crippen LogP contribution < -0.4 is 4.74 Å². The molecule has 0 saturated carbocycles. The molecule has 2 nitrogen and oxygen atoms in total. The zero-order valence-electron chi connectivity index (χ0n) is 16.8. The third kappa shape index (κ3) is 5.88. The van der Waals surface area contributed by atoms with Crippen LogP contribution in [0.5, 0.6) is 5.75 Å². The third-order valence-corrected chi connectivity index (χ3v) is 5.07. The predicted molar refractivity (Wildman–Crippen MR) is 111 cm³/mol. The monoisotopic (exact) mass is 354 g/mol. The summed E-state index contributed by atoms with van der Waals surface area (Å²) in [4.78, 5) is 0. The molecule has 0 aromatic heterocycles. The van der Waals surface area contributed by atoms with Gasteiger partial charge in [-0.15, -0.1) is 0 Å². The molecule has 142 valence electrons. The Morgan fingerprint density at radius 3 is 2.19 bits per heavy atom. The number of ether oxygens (including phenoxy) is 2. The van der Waals surface area contributed by atoms with Gasteiger partial charge in [-0.25, -0.2) is 0 Å². The zero-order valence-corrected chi connectivity index (χ0v) is 16.8. The van der Waals surface area contributed by atoms with E-state index in [0.29, 0.717) is 5.92 Å². The molecule has 0 saturated heterocycles. The fraction of sp³-hybridized carbons (Fsp3) is 0.500. The molecule has 0 heterocycles. The van der Waals surface area contributed by atoms with Crippen molar-refractivity contribution in [2.45, 2.75) is 65.6 Å². The molecule has 2 aromatic rings. The van der Waals surface area contributed by atoms with Gasteiger partial charge in [-0.2, -0.15) is 0 Å². The van der Waals surface area contributed by atoms with Crippen molar-refractivity contribution in [3.05, 3.63) is 54.6 Å². The third-order valence-electron chi connectivity index (χ3n) is 5.07. The molecule has 0 bridgehead atoms. The summed E-state index contributed by atoms with van der Waals surface area (Å²) in [7, 11) is 0. The SMILES string of the molecule is CCCCO[C@@H](C)[C@H](Oc1cccc(-c2ccccc2)c1)C(CC)CC. The number of benzene rings is 2. The summed E-state index contributed by atoms with van der Waals surface area (Å²) in [5.41, 5.74) is 2.40. The van der Waals surface area contributed by atoms with E-state index in [-0.39, 0.29) is 12.2 Å². The Balaban J connectivity index is 2.16. The van der Waals surface area contributed by atoms with Gasteiger partial charge in [0.25, 0.3) is 0 Å². The maximum Gasteiger partial charge on any atom is 0.127 e. The van der Waals surface area contributed by atoms with Gasteiger partial charge >= 0.3 is 0 Å². The number of rotatable bonds is 11. The van der Waals surface area contributed by atoms with Gasteiger partial charge in [0.15, 0.2) is 0 Å². The Bertz CT molecular complexity index is 619. The van der Waals surface area contributed by atoms with Crippen molar-refractivity contribution in [3.63, 3.8) is 0 Å². The molecule has 0 aliphatic carbocycles. The highest BCUT2D eigenvalue weighted by molar-refractivity contribution is 5.64. The highest BCUT2D eigenvalue weighted by Crippen LogP contribution is 2.28. The summed E-state index contributed by atoms with van der Waals surface area (Å²) < 4.78 is 12.6. The lowest BCUT2D eigenvalue weighted by atomic mass is 9.93. The molecular formula is C24H34O2. The summed E-state index contributed by atoms with van der Waals surface area (Å²) in [6.45, 7) is 9.63. The maximum atomic E-state index is 6.49. The van der Waals surface area contributed by atoms with Crippen LogP contribution in [0.1, 0.15) is 53.4 Å². The summed E-state index contributed by atoms with van der Waals surface area (Å²) >= 11 is 0. The second-order valence-electron chi connectivity index (χ2n) is 6.98. The van der Waals surface area contributed by atoms with Crippen LogP contribution in [0.3, 0.4) is 0 Å². The molecule has 0 spiro atoms. The molecule has 0 radical (unpaired) electrons. The van der Waals surface area contributed by atoms with Gasteiger partial charge in [0.05, 0.1) is 6.10 Å². The summed E-state index contributed by atoms with van der Waals surface area (Å²) in [5.74, 6) is 1.42. The van der Waals surface area contributed by atoms with Crippen molar-refractivity contribution >= 4 is 0 Å². The largest absolute Gasteiger partial charge is 0.487 e. The first kappa shape index (κ1) is 20.5. The molecule has 2 rings (SSSR count). The van der Waals surface area contributed by atoms with Crippen molar-refractivity contribution in [2.24, 2.45) is 5.92 Å². The number of hydrogen-bond acceptors (Lipinski definition) is 2. The fourth-order valence-electron chi connectivity index (χ4n) is 3.37. The van der Waals surface area contributed by atoms with Crippen LogP contribution in [0.15, 0.2) is 54.6 Å². The van der Waals surface area contributed by atoms with Crippen molar-refractivity contribution in [3.8, 4) is 16.9 Å². The highest BCUT2D eigenvalue weighted by Gasteiger charge is 2.27. The molecule has 0 unspecified atom stereocenters. The van der Waals surface area contributed by atoms with Crippen molar-refractivity contribution in [1.29, 1.82) is 0 Å². The average molecular weight is 355 g/mol. The lowest BCUT2D eigenvalue weighted by Crippen LogP contribution is -2.38. The molecule has 0 fully saturated rings. The molecule has 0 aliphatic rings. The summed E-state index contributed by atoms with van der Waals surface area (Å²) in [6.07, 6.45) is 4.62. The standard InChI is InChI=1S/C24H34O2/c1-5-8-17-25-19(4)24(20(6-2)7-3)26-23-16-12-15-22(18-23)21-13-10-9-11-14-21/h9-16,18-20,24H,5-8,17H2,1-4H3/t19-,24-/m0/s1. The van der Waals surface area contributed by atoms with Gasteiger partial charge in [-0.3, -0.25) is 0 Å². The van der Waals surface area contributed by atoms with Gasteiger partial charge < -0.3 is 9.47 Å². The van der Waals surface area contributed by atoms with Gasteiger partial charge in [0.2, 0.25) is 0 Å². The Kier molecular flexibility index (Phi) is 8.70. The second-order valence-corrected chi connectivity index (χ2v) is 6.98. The van der Waals surface area contributed by atoms with Crippen LogP contribution in [0, 0.1) is 5.92 Å². The van der Waals surface area contributed by atoms with Crippen LogP contribution in [0.4, 0.5) is 0 Å². The highest BCUT2D eigenvalue weighted by atomic mass is 16.5. The molecule has 0 N–H and O–H groups in total. The van der Waals surface area contributed by atoms with E-state index in [1.807, 2.05) is 6.07 Å². The molecule has 2 heteroatoms. The van der Waals surface area contributed by atoms with E-state index in [4.69, 9.17) is 9.47 Å². The second kappa shape index (κ2) is 11.0. The van der Waals surface area contributed by atoms with E-state index >= 15 is 0 Å². The lowest BCUT2D eigenvalue weighted by molar-refractivity contribution is -0.0417. The first-order valence-corrected chi connectivity index (χ1v) is 10.1. The van der Waals surface area contributed by atoms with Gasteiger partial charge in [-0.1, -0.05) is 69.7 Å². The minimum Gasteiger partial charge on any atom is -0.487 e. The molecule has 2 aromatic carbocycles. The van der Waals surface area contributed by atoms with Gasteiger partial charge in [0.1, 0.15) is 11.9 Å². The Morgan fingerprint density at radius 2 is 1.54 bits per heavy atom. The van der Waals surface area contributed by atoms with Crippen LogP contribution in [0.25, 0.3) is 11.1 Å². The van der Waals surface area contributed by atoms with Crippen LogP contribution in [0.2, 0.25) is 0 Å². The fourth-order valence-corrected chi connectivity index (χ4v) is 3.37. The van der Waals surface area contributed by atoms with Gasteiger partial charge in [0, 0.05) is 6.61 Å². The molecular weight excluding hydrogens is 320 g/mol. The van der Waals surface area contributed by atoms with Gasteiger partial charge in [-0.05, 0) is 55.4 Å². The first-order chi connectivity index (χ1) is 12.7. The van der Waals surface area contributed by atoms with E-state index in [1.165, 1.54) is 11.1 Å². The average Bonchev–Trinajstić information content (AvgIpc) is 2.69. The number of hydrogen-bond donors (Lipinski definition) is 0. The number of unbranched alkanes of at least 4 members (excludes halogenated alkanes) is 1. The molecule has 0 amide bonds. The predicted octanol–water partition coefficient (Wildman–Crippen LogP) is 6.74. The van der Waals surface area contributed by atoms with E-state index in [9.17, 15) is 0 Å². The van der Waals surface area contributed by atoms with E-state index in [2.05, 4.69) is 76.2 Å². The molecule has 26 heavy (non-hydrogen) atoms. The van der Waals surface area contributed by atoms with E-state index in [0.717, 1.165) is 38.0 Å². The van der Waals surface area contributed by atoms with E-state index in [1.54, 1.807) is 0 Å². The normalized spacial score (nSPS) is 13.6. The smallest absolute Gasteiger partial charge is 0.127 e. The van der Waals surface area contributed by atoms with Crippen molar-refractivity contribution in [2.75, 3.05) is 6.61 Å². The lowest BCUT2D eigenvalue weighted by Gasteiger charge is -2.31. The minimum atomic E-state index is 0.0767. The topological polar surface area (TPSA) is 18.5 Å². The van der Waals surface area contributed by atoms with Crippen LogP contribution in [-0.4, -0.2) is 18.8 Å². The minimum absolute atomic E-state index is 0.0767. The summed E-state index contributed by atoms with van der Waals surface area (Å²) in [5, 5.41) is 0. The van der Waals surface area contributed by atoms with Crippen molar-refractivity contribution in [1.82, 2.24) is 0 Å². The van der Waals surface area contributed by atoms with Crippen molar-refractivity contribution < 1.29 is 9.47 Å².